The van der Waals surface area contributed by atoms with Crippen LogP contribution in [0.5, 0.6) is 0 Å². The van der Waals surface area contributed by atoms with Crippen LogP contribution in [-0.4, -0.2) is 20.3 Å². The van der Waals surface area contributed by atoms with Crippen molar-refractivity contribution in [3.05, 3.63) is 128 Å². The molecule has 166 valence electrons. The zero-order chi connectivity index (χ0) is 23.4. The van der Waals surface area contributed by atoms with Crippen LogP contribution in [0.4, 0.5) is 4.39 Å². The van der Waals surface area contributed by atoms with Crippen LogP contribution in [-0.2, 0) is 13.1 Å². The Hall–Kier alpha value is -4.33. The van der Waals surface area contributed by atoms with Crippen molar-refractivity contribution in [2.45, 2.75) is 20.0 Å². The normalized spacial score (nSPS) is 10.7. The fourth-order valence-electron chi connectivity index (χ4n) is 3.29. The number of nitrogens with zero attached hydrogens (tertiary/aromatic N) is 3. The predicted octanol–water partition coefficient (Wildman–Crippen LogP) is 2.82. The van der Waals surface area contributed by atoms with E-state index in [1.165, 1.54) is 24.3 Å². The molecule has 1 N–H and O–H groups in total. The van der Waals surface area contributed by atoms with E-state index in [1.807, 2.05) is 25.1 Å². The van der Waals surface area contributed by atoms with Gasteiger partial charge in [-0.15, -0.1) is 0 Å². The largest absolute Gasteiger partial charge is 0.352 e. The van der Waals surface area contributed by atoms with E-state index >= 15 is 0 Å². The Morgan fingerprint density at radius 2 is 1.58 bits per heavy atom. The molecule has 4 aromatic rings. The molecule has 0 bridgehead atoms. The monoisotopic (exact) mass is 444 g/mol. The van der Waals surface area contributed by atoms with Crippen molar-refractivity contribution in [1.29, 1.82) is 0 Å². The van der Waals surface area contributed by atoms with E-state index in [-0.39, 0.29) is 18.9 Å². The molecule has 4 rings (SSSR count). The van der Waals surface area contributed by atoms with Gasteiger partial charge in [0.05, 0.1) is 12.2 Å². The second-order valence-electron chi connectivity index (χ2n) is 7.56. The average molecular weight is 444 g/mol. The second-order valence-corrected chi connectivity index (χ2v) is 7.56. The summed E-state index contributed by atoms with van der Waals surface area (Å²) >= 11 is 0. The molecule has 1 amide bonds. The number of carbonyl (C=O) groups is 1. The Morgan fingerprint density at radius 3 is 2.24 bits per heavy atom. The zero-order valence-electron chi connectivity index (χ0n) is 17.9. The van der Waals surface area contributed by atoms with E-state index in [2.05, 4.69) is 10.4 Å². The Kier molecular flexibility index (Phi) is 6.26. The van der Waals surface area contributed by atoms with Crippen LogP contribution >= 0.6 is 0 Å². The van der Waals surface area contributed by atoms with Gasteiger partial charge in [0.1, 0.15) is 5.82 Å². The number of halogens is 1. The van der Waals surface area contributed by atoms with Gasteiger partial charge < -0.3 is 5.32 Å². The van der Waals surface area contributed by atoms with Crippen LogP contribution in [0.25, 0.3) is 5.69 Å². The van der Waals surface area contributed by atoms with Gasteiger partial charge in [0.15, 0.2) is 0 Å². The Morgan fingerprint density at radius 1 is 0.909 bits per heavy atom. The second kappa shape index (κ2) is 9.44. The zero-order valence-corrected chi connectivity index (χ0v) is 17.9. The molecule has 0 atom stereocenters. The van der Waals surface area contributed by atoms with Crippen LogP contribution in [0.15, 0.2) is 88.5 Å². The van der Waals surface area contributed by atoms with E-state index in [4.69, 9.17) is 0 Å². The molecule has 0 aliphatic heterocycles. The van der Waals surface area contributed by atoms with E-state index in [0.717, 1.165) is 20.4 Å². The third-order valence-corrected chi connectivity index (χ3v) is 5.10. The minimum atomic E-state index is -0.788. The molecule has 0 radical (unpaired) electrons. The number of rotatable bonds is 6. The number of hydrogen-bond acceptors (Lipinski definition) is 4. The number of amides is 1. The van der Waals surface area contributed by atoms with Gasteiger partial charge in [-0.25, -0.2) is 9.18 Å². The lowest BCUT2D eigenvalue weighted by Crippen LogP contribution is -2.46. The summed E-state index contributed by atoms with van der Waals surface area (Å²) in [6.45, 7) is 1.97. The van der Waals surface area contributed by atoms with Gasteiger partial charge in [0.2, 0.25) is 5.69 Å². The molecular weight excluding hydrogens is 423 g/mol. The number of aromatic nitrogens is 3. The number of aryl methyl sites for hydroxylation is 1. The average Bonchev–Trinajstić information content (AvgIpc) is 2.83. The molecule has 1 aromatic heterocycles. The number of carbonyl (C=O) groups excluding carboxylic acids is 1. The van der Waals surface area contributed by atoms with Gasteiger partial charge >= 0.3 is 5.69 Å². The van der Waals surface area contributed by atoms with E-state index in [1.54, 1.807) is 36.4 Å². The maximum atomic E-state index is 13.2. The quantitative estimate of drug-likeness (QED) is 0.496. The Labute approximate surface area is 188 Å². The van der Waals surface area contributed by atoms with Crippen molar-refractivity contribution < 1.29 is 9.18 Å². The highest BCUT2D eigenvalue weighted by atomic mass is 19.1. The number of nitrogens with one attached hydrogen (secondary N) is 1. The van der Waals surface area contributed by atoms with E-state index in [0.29, 0.717) is 11.3 Å². The molecule has 1 heterocycles. The van der Waals surface area contributed by atoms with Crippen LogP contribution in [0.1, 0.15) is 27.2 Å². The number of hydrogen-bond donors (Lipinski definition) is 1. The van der Waals surface area contributed by atoms with Gasteiger partial charge in [-0.2, -0.15) is 9.78 Å². The first kappa shape index (κ1) is 21.9. The first-order chi connectivity index (χ1) is 15.9. The maximum Gasteiger partial charge on any atom is 0.352 e. The summed E-state index contributed by atoms with van der Waals surface area (Å²) in [4.78, 5) is 39.2. The Balaban J connectivity index is 1.75. The van der Waals surface area contributed by atoms with Crippen LogP contribution < -0.4 is 16.6 Å². The van der Waals surface area contributed by atoms with Gasteiger partial charge in [-0.1, -0.05) is 60.2 Å². The first-order valence-electron chi connectivity index (χ1n) is 10.3. The minimum Gasteiger partial charge on any atom is -0.346 e. The summed E-state index contributed by atoms with van der Waals surface area (Å²) in [6.07, 6.45) is 0. The lowest BCUT2D eigenvalue weighted by Gasteiger charge is -2.12. The summed E-state index contributed by atoms with van der Waals surface area (Å²) in [7, 11) is 0. The summed E-state index contributed by atoms with van der Waals surface area (Å²) in [5.74, 6) is -1.12. The number of benzene rings is 3. The standard InChI is InChI=1S/C25H21FN4O3/c1-17-7-13-21(14-8-17)30-25(33)29(16-19-5-3-2-4-6-19)24(32)22(28-30)23(31)27-15-18-9-11-20(26)12-10-18/h2-14H,15-16H2,1H3,(H,27,31). The summed E-state index contributed by atoms with van der Waals surface area (Å²) in [5, 5.41) is 6.72. The van der Waals surface area contributed by atoms with Crippen molar-refractivity contribution in [3.63, 3.8) is 0 Å². The van der Waals surface area contributed by atoms with Crippen molar-refractivity contribution in [1.82, 2.24) is 19.7 Å². The summed E-state index contributed by atoms with van der Waals surface area (Å²) in [5.41, 5.74) is 0.957. The van der Waals surface area contributed by atoms with Crippen LogP contribution in [0, 0.1) is 12.7 Å². The minimum absolute atomic E-state index is 0.00880. The van der Waals surface area contributed by atoms with Crippen LogP contribution in [0.2, 0.25) is 0 Å². The van der Waals surface area contributed by atoms with E-state index < -0.39 is 22.9 Å². The molecule has 0 unspecified atom stereocenters. The summed E-state index contributed by atoms with van der Waals surface area (Å²) in [6, 6.07) is 21.7. The van der Waals surface area contributed by atoms with Gasteiger partial charge in [-0.05, 0) is 42.3 Å². The lowest BCUT2D eigenvalue weighted by molar-refractivity contribution is 0.0941. The molecule has 0 aliphatic carbocycles. The smallest absolute Gasteiger partial charge is 0.346 e. The van der Waals surface area contributed by atoms with Crippen LogP contribution in [0.3, 0.4) is 0 Å². The van der Waals surface area contributed by atoms with Gasteiger partial charge in [-0.3, -0.25) is 14.2 Å². The van der Waals surface area contributed by atoms with Gasteiger partial charge in [0.25, 0.3) is 11.5 Å². The highest BCUT2D eigenvalue weighted by molar-refractivity contribution is 5.91. The molecule has 0 saturated heterocycles. The molecule has 0 fully saturated rings. The van der Waals surface area contributed by atoms with Crippen molar-refractivity contribution in [2.75, 3.05) is 0 Å². The molecule has 7 nitrogen and oxygen atoms in total. The molecule has 0 saturated carbocycles. The first-order valence-corrected chi connectivity index (χ1v) is 10.3. The lowest BCUT2D eigenvalue weighted by atomic mass is 10.2. The third-order valence-electron chi connectivity index (χ3n) is 5.10. The molecule has 0 spiro atoms. The SMILES string of the molecule is Cc1ccc(-n2nc(C(=O)NCc3ccc(F)cc3)c(=O)n(Cc3ccccc3)c2=O)cc1. The van der Waals surface area contributed by atoms with Crippen molar-refractivity contribution in [3.8, 4) is 5.69 Å². The van der Waals surface area contributed by atoms with Gasteiger partial charge in [0, 0.05) is 6.54 Å². The highest BCUT2D eigenvalue weighted by Crippen LogP contribution is 2.07. The topological polar surface area (TPSA) is 86.0 Å². The van der Waals surface area contributed by atoms with Crippen molar-refractivity contribution in [2.24, 2.45) is 0 Å². The third kappa shape index (κ3) is 4.95. The maximum absolute atomic E-state index is 13.2. The fourth-order valence-corrected chi connectivity index (χ4v) is 3.29. The summed E-state index contributed by atoms with van der Waals surface area (Å²) < 4.78 is 15.2. The van der Waals surface area contributed by atoms with E-state index in [9.17, 15) is 18.8 Å². The van der Waals surface area contributed by atoms with Crippen molar-refractivity contribution >= 4 is 5.91 Å². The molecule has 33 heavy (non-hydrogen) atoms. The predicted molar refractivity (Wildman–Crippen MR) is 122 cm³/mol. The fraction of sp³-hybridized carbons (Fsp3) is 0.120. The highest BCUT2D eigenvalue weighted by Gasteiger charge is 2.20. The molecule has 8 heteroatoms. The molecular formula is C25H21FN4O3. The Bertz CT molecular complexity index is 1390. The molecule has 0 aliphatic rings. The molecule has 3 aromatic carbocycles.